The molecule has 1 saturated heterocycles. The van der Waals surface area contributed by atoms with E-state index in [1.54, 1.807) is 16.4 Å². The van der Waals surface area contributed by atoms with E-state index in [4.69, 9.17) is 0 Å². The number of rotatable bonds is 6. The average molecular weight is 361 g/mol. The van der Waals surface area contributed by atoms with Gasteiger partial charge < -0.3 is 9.88 Å². The van der Waals surface area contributed by atoms with E-state index in [2.05, 4.69) is 5.32 Å². The summed E-state index contributed by atoms with van der Waals surface area (Å²) < 4.78 is 28.9. The fourth-order valence-electron chi connectivity index (χ4n) is 3.36. The lowest BCUT2D eigenvalue weighted by molar-refractivity contribution is -0.121. The summed E-state index contributed by atoms with van der Waals surface area (Å²) in [5, 5.41) is 3.88. The molecule has 134 valence electrons. The Morgan fingerprint density at radius 3 is 2.64 bits per heavy atom. The third-order valence-corrected chi connectivity index (χ3v) is 6.86. The number of fused-ring (bicyclic) bond motifs is 1. The molecule has 2 heterocycles. The predicted molar refractivity (Wildman–Crippen MR) is 95.7 cm³/mol. The molecule has 4 rings (SSSR count). The summed E-state index contributed by atoms with van der Waals surface area (Å²) in [5.74, 6) is 0.0811. The number of hydrogen-bond acceptors (Lipinski definition) is 3. The van der Waals surface area contributed by atoms with Gasteiger partial charge in [-0.3, -0.25) is 4.79 Å². The van der Waals surface area contributed by atoms with Gasteiger partial charge in [-0.05, 0) is 49.9 Å². The van der Waals surface area contributed by atoms with Gasteiger partial charge in [0.15, 0.2) is 0 Å². The summed E-state index contributed by atoms with van der Waals surface area (Å²) in [6.07, 6.45) is 6.40. The predicted octanol–water partition coefficient (Wildman–Crippen LogP) is 2.09. The quantitative estimate of drug-likeness (QED) is 0.856. The topological polar surface area (TPSA) is 71.4 Å². The van der Waals surface area contributed by atoms with E-state index in [-0.39, 0.29) is 5.91 Å². The third-order valence-electron chi connectivity index (χ3n) is 4.97. The molecule has 1 aromatic carbocycles. The highest BCUT2D eigenvalue weighted by atomic mass is 32.2. The minimum atomic E-state index is -3.39. The Kier molecular flexibility index (Phi) is 4.29. The minimum Gasteiger partial charge on any atom is -0.353 e. The Morgan fingerprint density at radius 1 is 1.16 bits per heavy atom. The molecule has 0 radical (unpaired) electrons. The second-order valence-corrected chi connectivity index (χ2v) is 8.87. The highest BCUT2D eigenvalue weighted by molar-refractivity contribution is 7.89. The summed E-state index contributed by atoms with van der Waals surface area (Å²) in [5.41, 5.74) is 0.958. The largest absolute Gasteiger partial charge is 0.353 e. The SMILES string of the molecule is O=C(CCn1ccc2cc(S(=O)(=O)N3CCCC3)ccc21)NC1CC1. The standard InChI is InChI=1S/C18H23N3O3S/c22-18(19-15-3-4-15)8-12-20-11-7-14-13-16(5-6-17(14)20)25(23,24)21-9-1-2-10-21/h5-7,11,13,15H,1-4,8-10,12H2,(H,19,22). The van der Waals surface area contributed by atoms with E-state index in [0.29, 0.717) is 37.0 Å². The van der Waals surface area contributed by atoms with Gasteiger partial charge >= 0.3 is 0 Å². The third kappa shape index (κ3) is 3.43. The number of aryl methyl sites for hydroxylation is 1. The van der Waals surface area contributed by atoms with E-state index in [9.17, 15) is 13.2 Å². The lowest BCUT2D eigenvalue weighted by Gasteiger charge is -2.15. The molecular weight excluding hydrogens is 338 g/mol. The van der Waals surface area contributed by atoms with Crippen molar-refractivity contribution in [3.63, 3.8) is 0 Å². The van der Waals surface area contributed by atoms with Crippen molar-refractivity contribution < 1.29 is 13.2 Å². The van der Waals surface area contributed by atoms with E-state index in [1.807, 2.05) is 22.9 Å². The summed E-state index contributed by atoms with van der Waals surface area (Å²) >= 11 is 0. The Morgan fingerprint density at radius 2 is 1.92 bits per heavy atom. The van der Waals surface area contributed by atoms with Crippen LogP contribution in [-0.4, -0.2) is 42.3 Å². The van der Waals surface area contributed by atoms with Gasteiger partial charge in [0.1, 0.15) is 0 Å². The molecule has 25 heavy (non-hydrogen) atoms. The number of amides is 1. The van der Waals surface area contributed by atoms with Crippen molar-refractivity contribution in [1.82, 2.24) is 14.2 Å². The Hall–Kier alpha value is -1.86. The summed E-state index contributed by atoms with van der Waals surface area (Å²) in [6.45, 7) is 1.81. The van der Waals surface area contributed by atoms with Crippen molar-refractivity contribution in [2.24, 2.45) is 0 Å². The zero-order chi connectivity index (χ0) is 17.4. The Bertz CT molecular complexity index is 893. The number of sulfonamides is 1. The second-order valence-electron chi connectivity index (χ2n) is 6.93. The monoisotopic (exact) mass is 361 g/mol. The molecule has 7 heteroatoms. The first-order chi connectivity index (χ1) is 12.0. The molecule has 1 aliphatic carbocycles. The molecule has 1 aromatic heterocycles. The maximum atomic E-state index is 12.7. The first kappa shape index (κ1) is 16.6. The van der Waals surface area contributed by atoms with Gasteiger partial charge in [-0.2, -0.15) is 4.31 Å². The van der Waals surface area contributed by atoms with Crippen LogP contribution in [0.1, 0.15) is 32.1 Å². The highest BCUT2D eigenvalue weighted by Gasteiger charge is 2.27. The van der Waals surface area contributed by atoms with Gasteiger partial charge in [0, 0.05) is 49.2 Å². The number of nitrogens with zero attached hydrogens (tertiary/aromatic N) is 2. The van der Waals surface area contributed by atoms with Crippen LogP contribution in [0.5, 0.6) is 0 Å². The van der Waals surface area contributed by atoms with Crippen LogP contribution in [0.15, 0.2) is 35.4 Å². The summed E-state index contributed by atoms with van der Waals surface area (Å²) in [4.78, 5) is 12.2. The molecular formula is C18H23N3O3S. The van der Waals surface area contributed by atoms with Crippen molar-refractivity contribution in [2.75, 3.05) is 13.1 Å². The maximum Gasteiger partial charge on any atom is 0.243 e. The van der Waals surface area contributed by atoms with Crippen LogP contribution in [-0.2, 0) is 21.4 Å². The van der Waals surface area contributed by atoms with Gasteiger partial charge in [0.2, 0.25) is 15.9 Å². The molecule has 1 N–H and O–H groups in total. The number of nitrogens with one attached hydrogen (secondary N) is 1. The molecule has 2 fully saturated rings. The zero-order valence-corrected chi connectivity index (χ0v) is 15.0. The van der Waals surface area contributed by atoms with Crippen molar-refractivity contribution >= 4 is 26.8 Å². The van der Waals surface area contributed by atoms with Crippen LogP contribution in [0, 0.1) is 0 Å². The van der Waals surface area contributed by atoms with Crippen LogP contribution in [0.2, 0.25) is 0 Å². The number of benzene rings is 1. The first-order valence-electron chi connectivity index (χ1n) is 8.92. The van der Waals surface area contributed by atoms with E-state index in [0.717, 1.165) is 36.6 Å². The van der Waals surface area contributed by atoms with Crippen molar-refractivity contribution in [1.29, 1.82) is 0 Å². The van der Waals surface area contributed by atoms with Gasteiger partial charge in [-0.25, -0.2) is 8.42 Å². The van der Waals surface area contributed by atoms with Crippen molar-refractivity contribution in [2.45, 2.75) is 49.6 Å². The molecule has 2 aliphatic rings. The molecule has 0 bridgehead atoms. The van der Waals surface area contributed by atoms with E-state index >= 15 is 0 Å². The van der Waals surface area contributed by atoms with Gasteiger partial charge in [0.25, 0.3) is 0 Å². The van der Waals surface area contributed by atoms with E-state index < -0.39 is 10.0 Å². The summed E-state index contributed by atoms with van der Waals surface area (Å²) in [7, 11) is -3.39. The first-order valence-corrected chi connectivity index (χ1v) is 10.4. The molecule has 2 aromatic rings. The molecule has 0 unspecified atom stereocenters. The van der Waals surface area contributed by atoms with Crippen LogP contribution in [0.25, 0.3) is 10.9 Å². The second kappa shape index (κ2) is 6.46. The smallest absolute Gasteiger partial charge is 0.243 e. The van der Waals surface area contributed by atoms with Crippen LogP contribution in [0.4, 0.5) is 0 Å². The molecule has 1 saturated carbocycles. The fourth-order valence-corrected chi connectivity index (χ4v) is 4.91. The number of hydrogen-bond donors (Lipinski definition) is 1. The number of aromatic nitrogens is 1. The zero-order valence-electron chi connectivity index (χ0n) is 14.1. The molecule has 1 aliphatic heterocycles. The van der Waals surface area contributed by atoms with Gasteiger partial charge in [-0.1, -0.05) is 0 Å². The van der Waals surface area contributed by atoms with Crippen LogP contribution in [0.3, 0.4) is 0 Å². The molecule has 0 spiro atoms. The fraction of sp³-hybridized carbons (Fsp3) is 0.500. The lowest BCUT2D eigenvalue weighted by Crippen LogP contribution is -2.27. The van der Waals surface area contributed by atoms with Gasteiger partial charge in [-0.15, -0.1) is 0 Å². The Labute approximate surface area is 147 Å². The lowest BCUT2D eigenvalue weighted by atomic mass is 10.2. The number of carbonyl (C=O) groups is 1. The Balaban J connectivity index is 1.51. The highest BCUT2D eigenvalue weighted by Crippen LogP contribution is 2.25. The molecule has 1 amide bonds. The van der Waals surface area contributed by atoms with Crippen molar-refractivity contribution in [3.8, 4) is 0 Å². The van der Waals surface area contributed by atoms with Crippen molar-refractivity contribution in [3.05, 3.63) is 30.5 Å². The minimum absolute atomic E-state index is 0.0811. The van der Waals surface area contributed by atoms with Crippen LogP contribution >= 0.6 is 0 Å². The molecule has 0 atom stereocenters. The average Bonchev–Trinajstić information content (AvgIpc) is 3.10. The number of carbonyl (C=O) groups excluding carboxylic acids is 1. The maximum absolute atomic E-state index is 12.7. The van der Waals surface area contributed by atoms with E-state index in [1.165, 1.54) is 0 Å². The normalized spacial score (nSPS) is 18.7. The summed E-state index contributed by atoms with van der Waals surface area (Å²) in [6, 6.07) is 7.56. The van der Waals surface area contributed by atoms with Crippen LogP contribution < -0.4 is 5.32 Å². The molecule has 6 nitrogen and oxygen atoms in total. The van der Waals surface area contributed by atoms with Gasteiger partial charge in [0.05, 0.1) is 4.90 Å².